The van der Waals surface area contributed by atoms with Crippen LogP contribution in [0.25, 0.3) is 0 Å². The summed E-state index contributed by atoms with van der Waals surface area (Å²) in [6, 6.07) is 10.4. The van der Waals surface area contributed by atoms with Crippen LogP contribution < -0.4 is 10.9 Å². The van der Waals surface area contributed by atoms with Crippen LogP contribution in [0, 0.1) is 13.7 Å². The van der Waals surface area contributed by atoms with E-state index >= 15 is 0 Å². The average Bonchev–Trinajstić information content (AvgIpc) is 2.54. The van der Waals surface area contributed by atoms with Crippen molar-refractivity contribution in [3.05, 3.63) is 71.7 Å². The van der Waals surface area contributed by atoms with Gasteiger partial charge in [-0.3, -0.25) is 30.6 Å². The number of hydrogen-bond acceptors (Lipinski definition) is 4. The number of carbonyl (C=O) groups is 2. The van der Waals surface area contributed by atoms with E-state index in [9.17, 15) is 19.7 Å². The SMILES string of the molecule is O=C(NNC(=O)c1cc(Br)ccc1I)c1cccc([N+](=O)[O-])c1. The van der Waals surface area contributed by atoms with Crippen molar-refractivity contribution in [2.24, 2.45) is 0 Å². The van der Waals surface area contributed by atoms with Crippen molar-refractivity contribution in [1.29, 1.82) is 0 Å². The number of carbonyl (C=O) groups excluding carboxylic acids is 2. The van der Waals surface area contributed by atoms with Gasteiger partial charge in [0.05, 0.1) is 10.5 Å². The Labute approximate surface area is 152 Å². The first-order valence-corrected chi connectivity index (χ1v) is 8.06. The second-order valence-electron chi connectivity index (χ2n) is 4.34. The summed E-state index contributed by atoms with van der Waals surface area (Å²) in [7, 11) is 0. The second kappa shape index (κ2) is 7.51. The predicted molar refractivity (Wildman–Crippen MR) is 94.9 cm³/mol. The van der Waals surface area contributed by atoms with Crippen LogP contribution in [0.5, 0.6) is 0 Å². The largest absolute Gasteiger partial charge is 0.270 e. The monoisotopic (exact) mass is 489 g/mol. The number of benzene rings is 2. The maximum absolute atomic E-state index is 12.1. The van der Waals surface area contributed by atoms with Crippen molar-refractivity contribution in [2.45, 2.75) is 0 Å². The van der Waals surface area contributed by atoms with Gasteiger partial charge in [0, 0.05) is 25.7 Å². The van der Waals surface area contributed by atoms with Crippen molar-refractivity contribution in [1.82, 2.24) is 10.9 Å². The van der Waals surface area contributed by atoms with E-state index in [0.29, 0.717) is 9.13 Å². The molecule has 0 spiro atoms. The number of halogens is 2. The van der Waals surface area contributed by atoms with E-state index in [4.69, 9.17) is 0 Å². The topological polar surface area (TPSA) is 101 Å². The standard InChI is InChI=1S/C14H9BrIN3O4/c15-9-4-5-12(16)11(7-9)14(21)18-17-13(20)8-2-1-3-10(6-8)19(22)23/h1-7H,(H,17,20)(H,18,21). The Morgan fingerprint density at radius 3 is 2.48 bits per heavy atom. The van der Waals surface area contributed by atoms with E-state index in [2.05, 4.69) is 26.8 Å². The van der Waals surface area contributed by atoms with E-state index in [0.717, 1.165) is 10.5 Å². The third-order valence-electron chi connectivity index (χ3n) is 2.78. The Bertz CT molecular complexity index is 797. The summed E-state index contributed by atoms with van der Waals surface area (Å²) in [6.45, 7) is 0. The lowest BCUT2D eigenvalue weighted by Gasteiger charge is -2.09. The number of hydrazine groups is 1. The summed E-state index contributed by atoms with van der Waals surface area (Å²) in [5.74, 6) is -1.14. The van der Waals surface area contributed by atoms with Gasteiger partial charge in [-0.25, -0.2) is 0 Å². The molecule has 23 heavy (non-hydrogen) atoms. The van der Waals surface area contributed by atoms with Gasteiger partial charge in [-0.05, 0) is 46.9 Å². The number of hydrogen-bond donors (Lipinski definition) is 2. The number of non-ortho nitro benzene ring substituents is 1. The number of nitro groups is 1. The van der Waals surface area contributed by atoms with Gasteiger partial charge in [0.15, 0.2) is 0 Å². The Kier molecular flexibility index (Phi) is 5.66. The summed E-state index contributed by atoms with van der Waals surface area (Å²) < 4.78 is 1.45. The molecular weight excluding hydrogens is 481 g/mol. The lowest BCUT2D eigenvalue weighted by atomic mass is 10.2. The maximum atomic E-state index is 12.1. The van der Waals surface area contributed by atoms with Crippen molar-refractivity contribution >= 4 is 56.0 Å². The maximum Gasteiger partial charge on any atom is 0.270 e. The number of rotatable bonds is 3. The fourth-order valence-electron chi connectivity index (χ4n) is 1.69. The van der Waals surface area contributed by atoms with E-state index in [1.165, 1.54) is 18.2 Å². The third-order valence-corrected chi connectivity index (χ3v) is 4.22. The molecule has 2 amide bonds. The van der Waals surface area contributed by atoms with Crippen LogP contribution in [-0.4, -0.2) is 16.7 Å². The van der Waals surface area contributed by atoms with Gasteiger partial charge in [0.2, 0.25) is 0 Å². The van der Waals surface area contributed by atoms with Gasteiger partial charge >= 0.3 is 0 Å². The zero-order chi connectivity index (χ0) is 17.0. The molecule has 0 fully saturated rings. The smallest absolute Gasteiger partial charge is 0.267 e. The van der Waals surface area contributed by atoms with Gasteiger partial charge in [0.1, 0.15) is 0 Å². The molecule has 0 radical (unpaired) electrons. The minimum absolute atomic E-state index is 0.0726. The third kappa shape index (κ3) is 4.48. The molecule has 0 heterocycles. The molecule has 118 valence electrons. The molecule has 2 N–H and O–H groups in total. The molecule has 0 aromatic heterocycles. The van der Waals surface area contributed by atoms with E-state index in [-0.39, 0.29) is 11.3 Å². The molecule has 0 saturated carbocycles. The molecule has 2 aromatic carbocycles. The van der Waals surface area contributed by atoms with Crippen LogP contribution >= 0.6 is 38.5 Å². The van der Waals surface area contributed by atoms with Gasteiger partial charge < -0.3 is 0 Å². The first-order chi connectivity index (χ1) is 10.9. The summed E-state index contributed by atoms with van der Waals surface area (Å²) >= 11 is 5.27. The molecule has 2 aromatic rings. The Morgan fingerprint density at radius 2 is 1.78 bits per heavy atom. The summed E-state index contributed by atoms with van der Waals surface area (Å²) in [5, 5.41) is 10.7. The van der Waals surface area contributed by atoms with Gasteiger partial charge in [0.25, 0.3) is 17.5 Å². The number of nitrogens with zero attached hydrogens (tertiary/aromatic N) is 1. The lowest BCUT2D eigenvalue weighted by molar-refractivity contribution is -0.384. The molecule has 9 heteroatoms. The van der Waals surface area contributed by atoms with Gasteiger partial charge in [-0.1, -0.05) is 22.0 Å². The van der Waals surface area contributed by atoms with Crippen LogP contribution in [0.4, 0.5) is 5.69 Å². The van der Waals surface area contributed by atoms with Crippen molar-refractivity contribution in [3.8, 4) is 0 Å². The number of nitro benzene ring substituents is 1. The highest BCUT2D eigenvalue weighted by atomic mass is 127. The number of nitrogens with one attached hydrogen (secondary N) is 2. The Balaban J connectivity index is 2.07. The number of amides is 2. The van der Waals surface area contributed by atoms with Crippen LogP contribution in [0.2, 0.25) is 0 Å². The molecule has 0 aliphatic rings. The van der Waals surface area contributed by atoms with E-state index < -0.39 is 16.7 Å². The molecular formula is C14H9BrIN3O4. The van der Waals surface area contributed by atoms with Crippen molar-refractivity contribution < 1.29 is 14.5 Å². The first-order valence-electron chi connectivity index (χ1n) is 6.18. The van der Waals surface area contributed by atoms with Crippen LogP contribution in [-0.2, 0) is 0 Å². The molecule has 0 unspecified atom stereocenters. The molecule has 0 aliphatic heterocycles. The van der Waals surface area contributed by atoms with Crippen molar-refractivity contribution in [2.75, 3.05) is 0 Å². The first kappa shape index (κ1) is 17.3. The predicted octanol–water partition coefficient (Wildman–Crippen LogP) is 3.04. The molecule has 0 bridgehead atoms. The minimum atomic E-state index is -0.646. The summed E-state index contributed by atoms with van der Waals surface area (Å²) in [6.07, 6.45) is 0. The quantitative estimate of drug-likeness (QED) is 0.393. The molecule has 7 nitrogen and oxygen atoms in total. The van der Waals surface area contributed by atoms with Crippen molar-refractivity contribution in [3.63, 3.8) is 0 Å². The fourth-order valence-corrected chi connectivity index (χ4v) is 2.63. The highest BCUT2D eigenvalue weighted by Gasteiger charge is 2.14. The minimum Gasteiger partial charge on any atom is -0.267 e. The highest BCUT2D eigenvalue weighted by Crippen LogP contribution is 2.18. The zero-order valence-electron chi connectivity index (χ0n) is 11.4. The zero-order valence-corrected chi connectivity index (χ0v) is 15.1. The Morgan fingerprint density at radius 1 is 1.09 bits per heavy atom. The van der Waals surface area contributed by atoms with Gasteiger partial charge in [-0.15, -0.1) is 0 Å². The second-order valence-corrected chi connectivity index (χ2v) is 6.42. The van der Waals surface area contributed by atoms with Crippen LogP contribution in [0.3, 0.4) is 0 Å². The molecule has 0 saturated heterocycles. The molecule has 0 atom stereocenters. The average molecular weight is 490 g/mol. The fraction of sp³-hybridized carbons (Fsp3) is 0. The van der Waals surface area contributed by atoms with Crippen LogP contribution in [0.1, 0.15) is 20.7 Å². The van der Waals surface area contributed by atoms with Gasteiger partial charge in [-0.2, -0.15) is 0 Å². The normalized spacial score (nSPS) is 10.0. The molecule has 2 rings (SSSR count). The lowest BCUT2D eigenvalue weighted by Crippen LogP contribution is -2.41. The van der Waals surface area contributed by atoms with E-state index in [1.54, 1.807) is 18.2 Å². The summed E-state index contributed by atoms with van der Waals surface area (Å²) in [5.41, 5.74) is 4.77. The highest BCUT2D eigenvalue weighted by molar-refractivity contribution is 14.1. The Hall–Kier alpha value is -2.01. The summed E-state index contributed by atoms with van der Waals surface area (Å²) in [4.78, 5) is 34.1. The molecule has 0 aliphatic carbocycles. The van der Waals surface area contributed by atoms with E-state index in [1.807, 2.05) is 22.6 Å². The van der Waals surface area contributed by atoms with Crippen LogP contribution in [0.15, 0.2) is 46.9 Å².